The van der Waals surface area contributed by atoms with E-state index in [1.54, 1.807) is 0 Å². The summed E-state index contributed by atoms with van der Waals surface area (Å²) in [5.74, 6) is 1.79. The number of para-hydroxylation sites is 2. The van der Waals surface area contributed by atoms with Crippen LogP contribution in [0.1, 0.15) is 0 Å². The monoisotopic (exact) mass is 665 g/mol. The van der Waals surface area contributed by atoms with Gasteiger partial charge in [-0.2, -0.15) is 0 Å². The highest BCUT2D eigenvalue weighted by molar-refractivity contribution is 6.20. The number of rotatable bonds is 4. The SMILES string of the molecule is c1ccc(-c2ccc3cc(-c4nc(-c5cccc6c5ccc5oc7ccccc7c56)nc(-c5cccc6oc7ccccc7c56)n4)ccc3c2)cc1. The van der Waals surface area contributed by atoms with Crippen molar-refractivity contribution >= 4 is 65.4 Å². The lowest BCUT2D eigenvalue weighted by molar-refractivity contribution is 0.668. The van der Waals surface area contributed by atoms with Gasteiger partial charge in [0, 0.05) is 38.2 Å². The molecule has 3 heterocycles. The van der Waals surface area contributed by atoms with Crippen LogP contribution in [0.25, 0.3) is 111 Å². The Bertz CT molecular complexity index is 3190. The van der Waals surface area contributed by atoms with Gasteiger partial charge >= 0.3 is 0 Å². The summed E-state index contributed by atoms with van der Waals surface area (Å²) >= 11 is 0. The maximum absolute atomic E-state index is 6.28. The zero-order chi connectivity index (χ0) is 34.2. The van der Waals surface area contributed by atoms with Crippen LogP contribution in [0.4, 0.5) is 0 Å². The first kappa shape index (κ1) is 28.7. The minimum Gasteiger partial charge on any atom is -0.456 e. The highest BCUT2D eigenvalue weighted by Gasteiger charge is 2.20. The maximum atomic E-state index is 6.28. The third-order valence-electron chi connectivity index (χ3n) is 10.1. The Balaban J connectivity index is 1.15. The standard InChI is InChI=1S/C47H27N3O2/c1-2-10-28(11-3-1)29-20-21-31-27-32(23-22-30(31)26-29)45-48-46(50-47(49-45)38-16-9-19-41-44(38)37-13-5-7-18-40(37)51-41)35-15-8-14-34-33(35)24-25-42-43(34)36-12-4-6-17-39(36)52-42/h1-27H. The van der Waals surface area contributed by atoms with Crippen molar-refractivity contribution < 1.29 is 8.83 Å². The average molecular weight is 666 g/mol. The van der Waals surface area contributed by atoms with Crippen LogP contribution in [0.5, 0.6) is 0 Å². The van der Waals surface area contributed by atoms with Crippen molar-refractivity contribution in [1.29, 1.82) is 0 Å². The molecule has 0 radical (unpaired) electrons. The van der Waals surface area contributed by atoms with E-state index >= 15 is 0 Å². The van der Waals surface area contributed by atoms with Gasteiger partial charge in [-0.25, -0.2) is 15.0 Å². The third-order valence-corrected chi connectivity index (χ3v) is 10.1. The molecule has 5 nitrogen and oxygen atoms in total. The van der Waals surface area contributed by atoms with Gasteiger partial charge in [-0.15, -0.1) is 0 Å². The molecule has 0 aliphatic carbocycles. The second kappa shape index (κ2) is 11.2. The van der Waals surface area contributed by atoms with Gasteiger partial charge in [-0.1, -0.05) is 121 Å². The fraction of sp³-hybridized carbons (Fsp3) is 0. The minimum atomic E-state index is 0.587. The molecular formula is C47H27N3O2. The molecular weight excluding hydrogens is 639 g/mol. The number of nitrogens with zero attached hydrogens (tertiary/aromatic N) is 3. The van der Waals surface area contributed by atoms with E-state index in [4.69, 9.17) is 23.8 Å². The van der Waals surface area contributed by atoms with E-state index in [-0.39, 0.29) is 0 Å². The van der Waals surface area contributed by atoms with Gasteiger partial charge < -0.3 is 8.83 Å². The van der Waals surface area contributed by atoms with Crippen LogP contribution in [0.15, 0.2) is 173 Å². The molecule has 0 aliphatic heterocycles. The largest absolute Gasteiger partial charge is 0.456 e. The number of hydrogen-bond acceptors (Lipinski definition) is 5. The first-order chi connectivity index (χ1) is 25.7. The van der Waals surface area contributed by atoms with Crippen molar-refractivity contribution in [2.75, 3.05) is 0 Å². The maximum Gasteiger partial charge on any atom is 0.164 e. The van der Waals surface area contributed by atoms with E-state index < -0.39 is 0 Å². The molecule has 0 amide bonds. The average Bonchev–Trinajstić information content (AvgIpc) is 3.79. The Morgan fingerprint density at radius 3 is 1.65 bits per heavy atom. The van der Waals surface area contributed by atoms with Crippen LogP contribution in [0.2, 0.25) is 0 Å². The molecule has 11 aromatic rings. The van der Waals surface area contributed by atoms with Crippen molar-refractivity contribution in [2.24, 2.45) is 0 Å². The second-order valence-electron chi connectivity index (χ2n) is 13.2. The molecule has 0 fully saturated rings. The molecule has 0 saturated heterocycles. The molecule has 52 heavy (non-hydrogen) atoms. The normalized spacial score (nSPS) is 11.8. The molecule has 0 bridgehead atoms. The Hall–Kier alpha value is -7.11. The summed E-state index contributed by atoms with van der Waals surface area (Å²) in [6, 6.07) is 56.4. The highest BCUT2D eigenvalue weighted by Crippen LogP contribution is 2.40. The highest BCUT2D eigenvalue weighted by atomic mass is 16.3. The van der Waals surface area contributed by atoms with Crippen molar-refractivity contribution in [1.82, 2.24) is 15.0 Å². The number of aromatic nitrogens is 3. The van der Waals surface area contributed by atoms with Crippen molar-refractivity contribution in [2.45, 2.75) is 0 Å². The fourth-order valence-electron chi connectivity index (χ4n) is 7.68. The van der Waals surface area contributed by atoms with Gasteiger partial charge in [0.15, 0.2) is 17.5 Å². The Morgan fingerprint density at radius 2 is 0.865 bits per heavy atom. The number of hydrogen-bond donors (Lipinski definition) is 0. The third kappa shape index (κ3) is 4.46. The van der Waals surface area contributed by atoms with E-state index in [1.165, 1.54) is 11.1 Å². The zero-order valence-electron chi connectivity index (χ0n) is 27.7. The topological polar surface area (TPSA) is 65.0 Å². The lowest BCUT2D eigenvalue weighted by Gasteiger charge is -2.12. The van der Waals surface area contributed by atoms with Gasteiger partial charge in [0.2, 0.25) is 0 Å². The van der Waals surface area contributed by atoms with Gasteiger partial charge in [-0.3, -0.25) is 0 Å². The summed E-state index contributed by atoms with van der Waals surface area (Å²) in [7, 11) is 0. The molecule has 8 aromatic carbocycles. The van der Waals surface area contributed by atoms with Crippen LogP contribution in [0.3, 0.4) is 0 Å². The smallest absolute Gasteiger partial charge is 0.164 e. The summed E-state index contributed by atoms with van der Waals surface area (Å²) in [6.45, 7) is 0. The molecule has 3 aromatic heterocycles. The Labute approximate surface area is 297 Å². The van der Waals surface area contributed by atoms with Gasteiger partial charge in [0.05, 0.1) is 0 Å². The Morgan fingerprint density at radius 1 is 0.308 bits per heavy atom. The lowest BCUT2D eigenvalue weighted by atomic mass is 9.99. The van der Waals surface area contributed by atoms with Crippen molar-refractivity contribution in [3.05, 3.63) is 164 Å². The molecule has 11 rings (SSSR count). The number of fused-ring (bicyclic) bond motifs is 9. The summed E-state index contributed by atoms with van der Waals surface area (Å²) in [4.78, 5) is 15.6. The van der Waals surface area contributed by atoms with Gasteiger partial charge in [0.25, 0.3) is 0 Å². The molecule has 0 N–H and O–H groups in total. The van der Waals surface area contributed by atoms with E-state index in [2.05, 4.69) is 115 Å². The molecule has 0 atom stereocenters. The summed E-state index contributed by atoms with van der Waals surface area (Å²) in [6.07, 6.45) is 0. The van der Waals surface area contributed by atoms with E-state index in [0.29, 0.717) is 17.5 Å². The van der Waals surface area contributed by atoms with Gasteiger partial charge in [-0.05, 0) is 75.1 Å². The second-order valence-corrected chi connectivity index (χ2v) is 13.2. The minimum absolute atomic E-state index is 0.587. The molecule has 0 aliphatic rings. The zero-order valence-corrected chi connectivity index (χ0v) is 27.7. The van der Waals surface area contributed by atoms with Crippen LogP contribution < -0.4 is 0 Å². The first-order valence-electron chi connectivity index (χ1n) is 17.3. The number of furan rings is 2. The molecule has 0 saturated carbocycles. The van der Waals surface area contributed by atoms with Crippen LogP contribution in [-0.4, -0.2) is 15.0 Å². The molecule has 0 spiro atoms. The van der Waals surface area contributed by atoms with E-state index in [9.17, 15) is 0 Å². The molecule has 242 valence electrons. The van der Waals surface area contributed by atoms with E-state index in [0.717, 1.165) is 82.1 Å². The van der Waals surface area contributed by atoms with Crippen LogP contribution >= 0.6 is 0 Å². The number of benzene rings is 8. The van der Waals surface area contributed by atoms with Crippen molar-refractivity contribution in [3.8, 4) is 45.3 Å². The van der Waals surface area contributed by atoms with Crippen LogP contribution in [0, 0.1) is 0 Å². The first-order valence-corrected chi connectivity index (χ1v) is 17.3. The predicted molar refractivity (Wildman–Crippen MR) is 211 cm³/mol. The summed E-state index contributed by atoms with van der Waals surface area (Å²) in [5.41, 5.74) is 8.45. The lowest BCUT2D eigenvalue weighted by Crippen LogP contribution is -2.01. The molecule has 0 unspecified atom stereocenters. The molecule has 5 heteroatoms. The fourth-order valence-corrected chi connectivity index (χ4v) is 7.68. The quantitative estimate of drug-likeness (QED) is 0.187. The van der Waals surface area contributed by atoms with E-state index in [1.807, 2.05) is 48.5 Å². The van der Waals surface area contributed by atoms with Crippen molar-refractivity contribution in [3.63, 3.8) is 0 Å². The summed E-state index contributed by atoms with van der Waals surface area (Å²) < 4.78 is 12.5. The van der Waals surface area contributed by atoms with Gasteiger partial charge in [0.1, 0.15) is 22.3 Å². The Kier molecular flexibility index (Phi) is 6.18. The van der Waals surface area contributed by atoms with Crippen LogP contribution in [-0.2, 0) is 0 Å². The summed E-state index contributed by atoms with van der Waals surface area (Å²) in [5, 5.41) is 8.58. The predicted octanol–water partition coefficient (Wildman–Crippen LogP) is 12.6.